The lowest BCUT2D eigenvalue weighted by atomic mass is 9.74. The third-order valence-corrected chi connectivity index (χ3v) is 3.99. The van der Waals surface area contributed by atoms with Crippen LogP contribution in [0.4, 0.5) is 0 Å². The lowest BCUT2D eigenvalue weighted by Crippen LogP contribution is -2.52. The van der Waals surface area contributed by atoms with Crippen LogP contribution in [-0.2, 0) is 4.79 Å². The van der Waals surface area contributed by atoms with E-state index < -0.39 is 5.60 Å². The van der Waals surface area contributed by atoms with Gasteiger partial charge in [-0.05, 0) is 53.1 Å². The molecule has 0 aromatic rings. The first-order chi connectivity index (χ1) is 8.84. The van der Waals surface area contributed by atoms with E-state index in [2.05, 4.69) is 12.2 Å². The molecule has 1 rings (SSSR count). The Morgan fingerprint density at radius 3 is 2.32 bits per heavy atom. The summed E-state index contributed by atoms with van der Waals surface area (Å²) in [5, 5.41) is 13.3. The molecule has 19 heavy (non-hydrogen) atoms. The first-order valence-corrected chi connectivity index (χ1v) is 7.57. The van der Waals surface area contributed by atoms with Crippen molar-refractivity contribution in [2.75, 3.05) is 26.2 Å². The van der Waals surface area contributed by atoms with Gasteiger partial charge >= 0.3 is 0 Å². The summed E-state index contributed by atoms with van der Waals surface area (Å²) in [5.74, 6) is 0.237. The third-order valence-electron chi connectivity index (χ3n) is 3.99. The number of aliphatic hydroxyl groups is 1. The highest BCUT2D eigenvalue weighted by Crippen LogP contribution is 2.36. The molecule has 0 atom stereocenters. The van der Waals surface area contributed by atoms with E-state index in [9.17, 15) is 9.90 Å². The van der Waals surface area contributed by atoms with Crippen molar-refractivity contribution in [3.63, 3.8) is 0 Å². The van der Waals surface area contributed by atoms with Gasteiger partial charge in [-0.3, -0.25) is 4.79 Å². The van der Waals surface area contributed by atoms with Crippen molar-refractivity contribution in [2.24, 2.45) is 5.41 Å². The van der Waals surface area contributed by atoms with Crippen LogP contribution in [-0.4, -0.2) is 47.7 Å². The summed E-state index contributed by atoms with van der Waals surface area (Å²) in [4.78, 5) is 14.7. The van der Waals surface area contributed by atoms with Gasteiger partial charge in [-0.15, -0.1) is 0 Å². The van der Waals surface area contributed by atoms with Crippen LogP contribution in [0.2, 0.25) is 0 Å². The van der Waals surface area contributed by atoms with E-state index in [-0.39, 0.29) is 11.3 Å². The Kier molecular flexibility index (Phi) is 5.81. The van der Waals surface area contributed by atoms with Crippen molar-refractivity contribution in [1.29, 1.82) is 0 Å². The summed E-state index contributed by atoms with van der Waals surface area (Å²) in [7, 11) is 0. The fraction of sp³-hybridized carbons (Fsp3) is 0.933. The SMILES string of the molecule is CCCC1(C(=O)N(CC)CC(C)(C)O)CCNCC1. The topological polar surface area (TPSA) is 52.6 Å². The highest BCUT2D eigenvalue weighted by molar-refractivity contribution is 5.83. The molecule has 1 aliphatic rings. The summed E-state index contributed by atoms with van der Waals surface area (Å²) in [6.45, 7) is 10.6. The van der Waals surface area contributed by atoms with Gasteiger partial charge in [0.1, 0.15) is 0 Å². The van der Waals surface area contributed by atoms with Crippen molar-refractivity contribution >= 4 is 5.91 Å². The number of nitrogens with zero attached hydrogens (tertiary/aromatic N) is 1. The Morgan fingerprint density at radius 2 is 1.89 bits per heavy atom. The number of piperidine rings is 1. The zero-order valence-corrected chi connectivity index (χ0v) is 13.0. The third kappa shape index (κ3) is 4.46. The minimum Gasteiger partial charge on any atom is -0.389 e. The average Bonchev–Trinajstić information content (AvgIpc) is 2.35. The maximum absolute atomic E-state index is 12.9. The Balaban J connectivity index is 2.84. The normalized spacial score (nSPS) is 19.2. The Morgan fingerprint density at radius 1 is 1.32 bits per heavy atom. The number of carbonyl (C=O) groups is 1. The van der Waals surface area contributed by atoms with Gasteiger partial charge in [0, 0.05) is 13.1 Å². The van der Waals surface area contributed by atoms with Gasteiger partial charge < -0.3 is 15.3 Å². The molecule has 0 aliphatic carbocycles. The number of hydrogen-bond acceptors (Lipinski definition) is 3. The largest absolute Gasteiger partial charge is 0.389 e. The maximum atomic E-state index is 12.9. The van der Waals surface area contributed by atoms with Crippen molar-refractivity contribution in [2.45, 2.75) is 59.0 Å². The van der Waals surface area contributed by atoms with E-state index in [0.717, 1.165) is 38.8 Å². The van der Waals surface area contributed by atoms with Gasteiger partial charge in [0.2, 0.25) is 5.91 Å². The molecule has 112 valence electrons. The summed E-state index contributed by atoms with van der Waals surface area (Å²) < 4.78 is 0. The number of carbonyl (C=O) groups excluding carboxylic acids is 1. The van der Waals surface area contributed by atoms with Gasteiger partial charge in [-0.25, -0.2) is 0 Å². The van der Waals surface area contributed by atoms with E-state index in [1.54, 1.807) is 13.8 Å². The molecule has 1 heterocycles. The molecule has 0 radical (unpaired) electrons. The van der Waals surface area contributed by atoms with E-state index in [0.29, 0.717) is 13.1 Å². The maximum Gasteiger partial charge on any atom is 0.228 e. The summed E-state index contributed by atoms with van der Waals surface area (Å²) in [6.07, 6.45) is 3.83. The second kappa shape index (κ2) is 6.71. The van der Waals surface area contributed by atoms with Gasteiger partial charge in [0.05, 0.1) is 11.0 Å². The van der Waals surface area contributed by atoms with Gasteiger partial charge in [0.25, 0.3) is 0 Å². The first-order valence-electron chi connectivity index (χ1n) is 7.57. The van der Waals surface area contributed by atoms with E-state index in [1.807, 2.05) is 11.8 Å². The first kappa shape index (κ1) is 16.4. The molecule has 2 N–H and O–H groups in total. The van der Waals surface area contributed by atoms with Crippen molar-refractivity contribution in [3.8, 4) is 0 Å². The molecule has 0 aromatic heterocycles. The van der Waals surface area contributed by atoms with Crippen LogP contribution in [0, 0.1) is 5.41 Å². The van der Waals surface area contributed by atoms with Crippen molar-refractivity contribution < 1.29 is 9.90 Å². The zero-order chi connectivity index (χ0) is 14.5. The molecule has 1 fully saturated rings. The highest BCUT2D eigenvalue weighted by atomic mass is 16.3. The fourth-order valence-electron chi connectivity index (χ4n) is 3.08. The van der Waals surface area contributed by atoms with Crippen LogP contribution in [0.25, 0.3) is 0 Å². The lowest BCUT2D eigenvalue weighted by Gasteiger charge is -2.41. The number of hydrogen-bond donors (Lipinski definition) is 2. The molecule has 4 heteroatoms. The van der Waals surface area contributed by atoms with Crippen molar-refractivity contribution in [1.82, 2.24) is 10.2 Å². The van der Waals surface area contributed by atoms with Gasteiger partial charge in [-0.2, -0.15) is 0 Å². The van der Waals surface area contributed by atoms with Crippen LogP contribution >= 0.6 is 0 Å². The molecule has 1 saturated heterocycles. The molecule has 1 amide bonds. The van der Waals surface area contributed by atoms with Crippen LogP contribution in [0.3, 0.4) is 0 Å². The smallest absolute Gasteiger partial charge is 0.228 e. The molecule has 0 spiro atoms. The molecular weight excluding hydrogens is 240 g/mol. The molecule has 0 aromatic carbocycles. The molecule has 1 aliphatic heterocycles. The number of likely N-dealkylation sites (N-methyl/N-ethyl adjacent to an activating group) is 1. The van der Waals surface area contributed by atoms with Crippen LogP contribution in [0.15, 0.2) is 0 Å². The number of nitrogens with one attached hydrogen (secondary N) is 1. The fourth-order valence-corrected chi connectivity index (χ4v) is 3.08. The van der Waals surface area contributed by atoms with E-state index >= 15 is 0 Å². The Labute approximate surface area is 117 Å². The van der Waals surface area contributed by atoms with E-state index in [1.165, 1.54) is 0 Å². The Bertz CT molecular complexity index is 286. The van der Waals surface area contributed by atoms with Gasteiger partial charge in [0.15, 0.2) is 0 Å². The lowest BCUT2D eigenvalue weighted by molar-refractivity contribution is -0.147. The predicted molar refractivity (Wildman–Crippen MR) is 78.0 cm³/mol. The standard InChI is InChI=1S/C15H30N2O2/c1-5-7-15(8-10-16-11-9-15)13(18)17(6-2)12-14(3,4)19/h16,19H,5-12H2,1-4H3. The highest BCUT2D eigenvalue weighted by Gasteiger charge is 2.41. The van der Waals surface area contributed by atoms with Crippen molar-refractivity contribution in [3.05, 3.63) is 0 Å². The molecule has 4 nitrogen and oxygen atoms in total. The van der Waals surface area contributed by atoms with Crippen LogP contribution in [0.1, 0.15) is 53.4 Å². The summed E-state index contributed by atoms with van der Waals surface area (Å²) >= 11 is 0. The molecule has 0 unspecified atom stereocenters. The quantitative estimate of drug-likeness (QED) is 0.773. The molecule has 0 bridgehead atoms. The summed E-state index contributed by atoms with van der Waals surface area (Å²) in [5.41, 5.74) is -1.03. The predicted octanol–water partition coefficient (Wildman–Crippen LogP) is 1.78. The Hall–Kier alpha value is -0.610. The summed E-state index contributed by atoms with van der Waals surface area (Å²) in [6, 6.07) is 0. The molecular formula is C15H30N2O2. The van der Waals surface area contributed by atoms with E-state index in [4.69, 9.17) is 0 Å². The second-order valence-electron chi connectivity index (χ2n) is 6.41. The number of amides is 1. The molecule has 0 saturated carbocycles. The minimum atomic E-state index is -0.827. The van der Waals surface area contributed by atoms with Crippen LogP contribution < -0.4 is 5.32 Å². The monoisotopic (exact) mass is 270 g/mol. The van der Waals surface area contributed by atoms with Gasteiger partial charge in [-0.1, -0.05) is 13.3 Å². The number of rotatable bonds is 6. The average molecular weight is 270 g/mol. The van der Waals surface area contributed by atoms with Crippen LogP contribution in [0.5, 0.6) is 0 Å². The minimum absolute atomic E-state index is 0.207. The second-order valence-corrected chi connectivity index (χ2v) is 6.41. The zero-order valence-electron chi connectivity index (χ0n) is 13.0.